The third-order valence-electron chi connectivity index (χ3n) is 1.10. The average molecular weight is 152 g/mol. The van der Waals surface area contributed by atoms with Crippen molar-refractivity contribution in [1.82, 2.24) is 0 Å². The minimum Gasteiger partial charge on any atom is -0.349 e. The number of aliphatic hydroxyl groups is 2. The fraction of sp³-hybridized carbons (Fsp3) is 0.250. The molecule has 1 rings (SSSR count). The molecule has 0 aliphatic heterocycles. The Hall–Kier alpha value is -1.06. The van der Waals surface area contributed by atoms with Crippen LogP contribution in [0.2, 0.25) is 0 Å². The Kier molecular flexibility index (Phi) is 2.12. The van der Waals surface area contributed by atoms with Crippen molar-refractivity contribution in [2.75, 3.05) is 5.32 Å². The summed E-state index contributed by atoms with van der Waals surface area (Å²) in [5.74, 6) is -1.86. The molecule has 0 aliphatic rings. The minimum atomic E-state index is -1.86. The van der Waals surface area contributed by atoms with Crippen LogP contribution in [0.15, 0.2) is 24.3 Å². The van der Waals surface area contributed by atoms with Gasteiger partial charge in [-0.25, -0.2) is 0 Å². The predicted octanol–water partition coefficient (Wildman–Crippen LogP) is 0.557. The lowest BCUT2D eigenvalue weighted by Crippen LogP contribution is -2.33. The highest BCUT2D eigenvalue weighted by atomic mass is 16.5. The van der Waals surface area contributed by atoms with Crippen molar-refractivity contribution < 1.29 is 10.2 Å². The maximum Gasteiger partial charge on any atom is 0.241 e. The summed E-state index contributed by atoms with van der Waals surface area (Å²) in [5.41, 5.74) is 0.649. The van der Waals surface area contributed by atoms with E-state index in [0.717, 1.165) is 0 Å². The van der Waals surface area contributed by atoms with Crippen molar-refractivity contribution in [3.63, 3.8) is 0 Å². The van der Waals surface area contributed by atoms with Gasteiger partial charge in [0.05, 0.1) is 0 Å². The zero-order chi connectivity index (χ0) is 8.32. The molecule has 0 fully saturated rings. The number of hydrogen-bond acceptors (Lipinski definition) is 3. The van der Waals surface area contributed by atoms with Crippen LogP contribution < -0.4 is 5.32 Å². The highest BCUT2D eigenvalue weighted by Crippen LogP contribution is 2.09. The van der Waals surface area contributed by atoms with Gasteiger partial charge in [-0.3, -0.25) is 0 Å². The van der Waals surface area contributed by atoms with E-state index in [1.165, 1.54) is 6.92 Å². The molecular weight excluding hydrogens is 142 g/mol. The molecule has 0 saturated carbocycles. The second-order valence-electron chi connectivity index (χ2n) is 2.43. The van der Waals surface area contributed by atoms with Crippen LogP contribution in [0.5, 0.6) is 0 Å². The molecular formula is C8H10NO2. The molecule has 1 aromatic rings. The molecule has 11 heavy (non-hydrogen) atoms. The number of benzene rings is 1. The van der Waals surface area contributed by atoms with E-state index in [0.29, 0.717) is 5.69 Å². The van der Waals surface area contributed by atoms with E-state index in [-0.39, 0.29) is 0 Å². The van der Waals surface area contributed by atoms with Gasteiger partial charge in [0.1, 0.15) is 0 Å². The first kappa shape index (κ1) is 8.04. The fourth-order valence-corrected chi connectivity index (χ4v) is 0.744. The SMILES string of the molecule is CC(O)(O)Nc1cc[c]cc1. The van der Waals surface area contributed by atoms with Gasteiger partial charge in [-0.15, -0.1) is 0 Å². The van der Waals surface area contributed by atoms with E-state index in [9.17, 15) is 0 Å². The molecule has 1 aromatic carbocycles. The van der Waals surface area contributed by atoms with Crippen LogP contribution in [-0.4, -0.2) is 16.1 Å². The summed E-state index contributed by atoms with van der Waals surface area (Å²) in [6, 6.07) is 9.59. The third kappa shape index (κ3) is 3.02. The quantitative estimate of drug-likeness (QED) is 0.543. The van der Waals surface area contributed by atoms with E-state index in [4.69, 9.17) is 10.2 Å². The van der Waals surface area contributed by atoms with E-state index in [1.807, 2.05) is 0 Å². The maximum atomic E-state index is 8.91. The van der Waals surface area contributed by atoms with E-state index in [1.54, 1.807) is 24.3 Å². The fourth-order valence-electron chi connectivity index (χ4n) is 0.744. The molecule has 1 radical (unpaired) electrons. The van der Waals surface area contributed by atoms with Crippen molar-refractivity contribution in [3.8, 4) is 0 Å². The second kappa shape index (κ2) is 2.90. The zero-order valence-electron chi connectivity index (χ0n) is 6.20. The summed E-state index contributed by atoms with van der Waals surface area (Å²) in [7, 11) is 0. The van der Waals surface area contributed by atoms with Crippen molar-refractivity contribution in [2.24, 2.45) is 0 Å². The molecule has 0 spiro atoms. The summed E-state index contributed by atoms with van der Waals surface area (Å²) < 4.78 is 0. The maximum absolute atomic E-state index is 8.91. The third-order valence-corrected chi connectivity index (χ3v) is 1.10. The van der Waals surface area contributed by atoms with Gasteiger partial charge in [0.15, 0.2) is 0 Å². The van der Waals surface area contributed by atoms with Gasteiger partial charge in [0.2, 0.25) is 5.91 Å². The monoisotopic (exact) mass is 152 g/mol. The molecule has 3 heteroatoms. The standard InChI is InChI=1S/C8H10NO2/c1-8(10,11)9-7-5-3-2-4-6-7/h3-6,9-11H,1H3. The van der Waals surface area contributed by atoms with Gasteiger partial charge in [0, 0.05) is 12.6 Å². The van der Waals surface area contributed by atoms with Gasteiger partial charge in [-0.05, 0) is 18.2 Å². The Morgan fingerprint density at radius 2 is 1.91 bits per heavy atom. The summed E-state index contributed by atoms with van der Waals surface area (Å²) in [6.45, 7) is 1.25. The number of rotatable bonds is 2. The van der Waals surface area contributed by atoms with Crippen LogP contribution in [0.3, 0.4) is 0 Å². The lowest BCUT2D eigenvalue weighted by atomic mass is 10.3. The molecule has 0 atom stereocenters. The Morgan fingerprint density at radius 1 is 1.36 bits per heavy atom. The van der Waals surface area contributed by atoms with Crippen molar-refractivity contribution in [3.05, 3.63) is 30.3 Å². The molecule has 3 nitrogen and oxygen atoms in total. The van der Waals surface area contributed by atoms with E-state index in [2.05, 4.69) is 11.4 Å². The molecule has 0 aromatic heterocycles. The molecule has 59 valence electrons. The van der Waals surface area contributed by atoms with E-state index >= 15 is 0 Å². The lowest BCUT2D eigenvalue weighted by Gasteiger charge is -2.18. The molecule has 0 saturated heterocycles. The topological polar surface area (TPSA) is 52.5 Å². The van der Waals surface area contributed by atoms with Crippen LogP contribution in [-0.2, 0) is 0 Å². The normalized spacial score (nSPS) is 11.2. The predicted molar refractivity (Wildman–Crippen MR) is 41.7 cm³/mol. The molecule has 0 heterocycles. The van der Waals surface area contributed by atoms with Crippen LogP contribution in [0, 0.1) is 6.07 Å². The van der Waals surface area contributed by atoms with Gasteiger partial charge >= 0.3 is 0 Å². The average Bonchev–Trinajstić information content (AvgIpc) is 1.85. The number of nitrogens with one attached hydrogen (secondary N) is 1. The molecule has 3 N–H and O–H groups in total. The summed E-state index contributed by atoms with van der Waals surface area (Å²) >= 11 is 0. The van der Waals surface area contributed by atoms with Crippen molar-refractivity contribution in [2.45, 2.75) is 12.8 Å². The first-order valence-corrected chi connectivity index (χ1v) is 3.27. The van der Waals surface area contributed by atoms with Gasteiger partial charge in [-0.1, -0.05) is 12.1 Å². The van der Waals surface area contributed by atoms with Gasteiger partial charge in [0.25, 0.3) is 0 Å². The Bertz CT molecular complexity index is 215. The second-order valence-corrected chi connectivity index (χ2v) is 2.43. The van der Waals surface area contributed by atoms with Crippen molar-refractivity contribution in [1.29, 1.82) is 0 Å². The highest BCUT2D eigenvalue weighted by Gasteiger charge is 2.12. The zero-order valence-corrected chi connectivity index (χ0v) is 6.20. The Morgan fingerprint density at radius 3 is 2.36 bits per heavy atom. The van der Waals surface area contributed by atoms with Crippen LogP contribution >= 0.6 is 0 Å². The number of anilines is 1. The largest absolute Gasteiger partial charge is 0.349 e. The Labute approximate surface area is 65.3 Å². The van der Waals surface area contributed by atoms with Gasteiger partial charge in [-0.2, -0.15) is 0 Å². The lowest BCUT2D eigenvalue weighted by molar-refractivity contribution is -0.118. The smallest absolute Gasteiger partial charge is 0.241 e. The molecule has 0 unspecified atom stereocenters. The van der Waals surface area contributed by atoms with Gasteiger partial charge < -0.3 is 15.5 Å². The Balaban J connectivity index is 2.66. The first-order chi connectivity index (χ1) is 5.08. The highest BCUT2D eigenvalue weighted by molar-refractivity contribution is 5.42. The first-order valence-electron chi connectivity index (χ1n) is 3.27. The minimum absolute atomic E-state index is 0.649. The van der Waals surface area contributed by atoms with Crippen LogP contribution in [0.25, 0.3) is 0 Å². The molecule has 0 bridgehead atoms. The van der Waals surface area contributed by atoms with Crippen LogP contribution in [0.4, 0.5) is 5.69 Å². The summed E-state index contributed by atoms with van der Waals surface area (Å²) in [5, 5.41) is 20.3. The van der Waals surface area contributed by atoms with Crippen LogP contribution in [0.1, 0.15) is 6.92 Å². The number of hydrogen-bond donors (Lipinski definition) is 3. The molecule has 0 aliphatic carbocycles. The van der Waals surface area contributed by atoms with E-state index < -0.39 is 5.91 Å². The summed E-state index contributed by atoms with van der Waals surface area (Å²) in [4.78, 5) is 0. The molecule has 0 amide bonds. The van der Waals surface area contributed by atoms with Crippen molar-refractivity contribution >= 4 is 5.69 Å². The summed E-state index contributed by atoms with van der Waals surface area (Å²) in [6.07, 6.45) is 0.